The van der Waals surface area contributed by atoms with Gasteiger partial charge in [0.05, 0.1) is 11.2 Å². The Morgan fingerprint density at radius 2 is 1.66 bits per heavy atom. The molecule has 3 aromatic rings. The number of aliphatic hydroxyl groups is 1. The van der Waals surface area contributed by atoms with Crippen LogP contribution < -0.4 is 4.74 Å². The topological polar surface area (TPSA) is 32.7 Å². The van der Waals surface area contributed by atoms with Crippen LogP contribution in [-0.2, 0) is 12.6 Å². The molecule has 0 bridgehead atoms. The number of benzene rings is 3. The third-order valence-electron chi connectivity index (χ3n) is 6.95. The lowest BCUT2D eigenvalue weighted by atomic mass is 9.67. The van der Waals surface area contributed by atoms with Crippen molar-refractivity contribution < 1.29 is 23.0 Å². The van der Waals surface area contributed by atoms with E-state index in [0.29, 0.717) is 17.7 Å². The molecule has 35 heavy (non-hydrogen) atoms. The van der Waals surface area contributed by atoms with Gasteiger partial charge in [0.25, 0.3) is 0 Å². The lowest BCUT2D eigenvalue weighted by Crippen LogP contribution is -2.48. The maximum Gasteiger partial charge on any atom is 0.416 e. The van der Waals surface area contributed by atoms with E-state index < -0.39 is 17.3 Å². The zero-order valence-electron chi connectivity index (χ0n) is 20.1. The van der Waals surface area contributed by atoms with Crippen molar-refractivity contribution in [1.82, 2.24) is 4.90 Å². The Kier molecular flexibility index (Phi) is 7.53. The highest BCUT2D eigenvalue weighted by molar-refractivity contribution is 5.36. The molecule has 1 aliphatic rings. The van der Waals surface area contributed by atoms with Crippen molar-refractivity contribution in [3.8, 4) is 11.5 Å². The molecule has 0 heterocycles. The summed E-state index contributed by atoms with van der Waals surface area (Å²) in [5, 5.41) is 11.9. The van der Waals surface area contributed by atoms with Crippen LogP contribution in [0.2, 0.25) is 0 Å². The van der Waals surface area contributed by atoms with Crippen LogP contribution in [0.1, 0.15) is 48.4 Å². The van der Waals surface area contributed by atoms with Crippen molar-refractivity contribution in [3.63, 3.8) is 0 Å². The van der Waals surface area contributed by atoms with E-state index in [1.54, 1.807) is 6.07 Å². The fraction of sp³-hybridized carbons (Fsp3) is 0.379. The van der Waals surface area contributed by atoms with Crippen molar-refractivity contribution in [1.29, 1.82) is 0 Å². The van der Waals surface area contributed by atoms with Crippen molar-refractivity contribution in [2.24, 2.45) is 5.92 Å². The summed E-state index contributed by atoms with van der Waals surface area (Å²) in [5.41, 5.74) is -0.278. The molecule has 1 N–H and O–H groups in total. The molecule has 0 aromatic heterocycles. The Hall–Kier alpha value is -2.83. The van der Waals surface area contributed by atoms with Gasteiger partial charge in [-0.2, -0.15) is 13.2 Å². The summed E-state index contributed by atoms with van der Waals surface area (Å²) >= 11 is 0. The third kappa shape index (κ3) is 6.06. The summed E-state index contributed by atoms with van der Waals surface area (Å²) in [5.74, 6) is 1.30. The molecule has 4 rings (SSSR count). The van der Waals surface area contributed by atoms with Gasteiger partial charge in [-0.3, -0.25) is 0 Å². The second kappa shape index (κ2) is 10.4. The van der Waals surface area contributed by atoms with E-state index >= 15 is 0 Å². The van der Waals surface area contributed by atoms with Crippen LogP contribution in [0.4, 0.5) is 13.2 Å². The minimum Gasteiger partial charge on any atom is -0.457 e. The summed E-state index contributed by atoms with van der Waals surface area (Å²) in [6, 6.07) is 22.6. The largest absolute Gasteiger partial charge is 0.457 e. The summed E-state index contributed by atoms with van der Waals surface area (Å²) in [4.78, 5) is 2.09. The Morgan fingerprint density at radius 1 is 0.943 bits per heavy atom. The average molecular weight is 484 g/mol. The quantitative estimate of drug-likeness (QED) is 0.384. The maximum absolute atomic E-state index is 13.3. The molecular weight excluding hydrogens is 451 g/mol. The zero-order valence-corrected chi connectivity index (χ0v) is 20.1. The van der Waals surface area contributed by atoms with Gasteiger partial charge in [0.1, 0.15) is 11.5 Å². The van der Waals surface area contributed by atoms with Gasteiger partial charge in [0.15, 0.2) is 0 Å². The molecule has 186 valence electrons. The molecule has 1 saturated carbocycles. The van der Waals surface area contributed by atoms with E-state index in [9.17, 15) is 18.3 Å². The molecule has 6 heteroatoms. The molecule has 0 radical (unpaired) electrons. The fourth-order valence-electron chi connectivity index (χ4n) is 5.41. The van der Waals surface area contributed by atoms with Crippen molar-refractivity contribution in [2.75, 3.05) is 14.1 Å². The number of halogens is 3. The minimum atomic E-state index is -4.41. The Balaban J connectivity index is 1.64. The second-order valence-corrected chi connectivity index (χ2v) is 9.73. The first kappa shape index (κ1) is 25.3. The highest BCUT2D eigenvalue weighted by Crippen LogP contribution is 2.46. The molecule has 0 amide bonds. The summed E-state index contributed by atoms with van der Waals surface area (Å²) in [6.45, 7) is 0. The Labute approximate surface area is 205 Å². The molecule has 1 fully saturated rings. The highest BCUT2D eigenvalue weighted by atomic mass is 19.4. The number of ether oxygens (including phenoxy) is 1. The van der Waals surface area contributed by atoms with Gasteiger partial charge < -0.3 is 14.7 Å². The SMILES string of the molecule is CN(C)C(c1cccc(Oc2ccccc2)c1)C1CCCCC1(O)Cc1cccc(C(F)(F)F)c1. The summed E-state index contributed by atoms with van der Waals surface area (Å²) in [7, 11) is 3.96. The van der Waals surface area contributed by atoms with E-state index in [2.05, 4.69) is 4.90 Å². The number of rotatable bonds is 7. The van der Waals surface area contributed by atoms with E-state index in [1.165, 1.54) is 12.1 Å². The minimum absolute atomic E-state index is 0.120. The molecule has 1 aliphatic carbocycles. The first-order valence-corrected chi connectivity index (χ1v) is 12.0. The van der Waals surface area contributed by atoms with Gasteiger partial charge in [0.2, 0.25) is 0 Å². The molecule has 3 nitrogen and oxygen atoms in total. The van der Waals surface area contributed by atoms with Crippen LogP contribution >= 0.6 is 0 Å². The zero-order chi connectivity index (χ0) is 25.1. The summed E-state index contributed by atoms with van der Waals surface area (Å²) < 4.78 is 45.9. The van der Waals surface area contributed by atoms with Gasteiger partial charge in [-0.1, -0.05) is 61.4 Å². The molecule has 3 unspecified atom stereocenters. The predicted molar refractivity (Wildman–Crippen MR) is 131 cm³/mol. The monoisotopic (exact) mass is 483 g/mol. The van der Waals surface area contributed by atoms with E-state index in [0.717, 1.165) is 36.6 Å². The highest BCUT2D eigenvalue weighted by Gasteiger charge is 2.44. The molecule has 0 saturated heterocycles. The predicted octanol–water partition coefficient (Wildman–Crippen LogP) is 7.26. The first-order valence-electron chi connectivity index (χ1n) is 12.0. The van der Waals surface area contributed by atoms with Gasteiger partial charge in [-0.25, -0.2) is 0 Å². The van der Waals surface area contributed by atoms with Crippen LogP contribution in [-0.4, -0.2) is 29.7 Å². The molecule has 3 aromatic carbocycles. The number of hydrogen-bond acceptors (Lipinski definition) is 3. The van der Waals surface area contributed by atoms with Gasteiger partial charge in [-0.05, 0) is 68.4 Å². The molecule has 0 spiro atoms. The van der Waals surface area contributed by atoms with E-state index in [4.69, 9.17) is 4.74 Å². The second-order valence-electron chi connectivity index (χ2n) is 9.73. The number of para-hydroxylation sites is 1. The number of hydrogen-bond donors (Lipinski definition) is 1. The van der Waals surface area contributed by atoms with Crippen molar-refractivity contribution in [3.05, 3.63) is 95.6 Å². The van der Waals surface area contributed by atoms with Crippen LogP contribution in [0.5, 0.6) is 11.5 Å². The average Bonchev–Trinajstić information content (AvgIpc) is 2.81. The third-order valence-corrected chi connectivity index (χ3v) is 6.95. The lowest BCUT2D eigenvalue weighted by molar-refractivity contribution is -0.137. The van der Waals surface area contributed by atoms with E-state index in [-0.39, 0.29) is 18.4 Å². The summed E-state index contributed by atoms with van der Waals surface area (Å²) in [6.07, 6.45) is -1.05. The number of nitrogens with zero attached hydrogens (tertiary/aromatic N) is 1. The maximum atomic E-state index is 13.3. The fourth-order valence-corrected chi connectivity index (χ4v) is 5.41. The first-order chi connectivity index (χ1) is 16.7. The van der Waals surface area contributed by atoms with Crippen molar-refractivity contribution >= 4 is 0 Å². The molecular formula is C29H32F3NO2. The number of alkyl halides is 3. The lowest BCUT2D eigenvalue weighted by Gasteiger charge is -2.46. The Morgan fingerprint density at radius 3 is 2.37 bits per heavy atom. The smallest absolute Gasteiger partial charge is 0.416 e. The molecule has 0 aliphatic heterocycles. The van der Waals surface area contributed by atoms with Crippen LogP contribution in [0, 0.1) is 5.92 Å². The van der Waals surface area contributed by atoms with Crippen LogP contribution in [0.15, 0.2) is 78.9 Å². The molecule has 3 atom stereocenters. The van der Waals surface area contributed by atoms with Crippen molar-refractivity contribution in [2.45, 2.75) is 49.9 Å². The van der Waals surface area contributed by atoms with Crippen LogP contribution in [0.3, 0.4) is 0 Å². The van der Waals surface area contributed by atoms with Gasteiger partial charge in [0, 0.05) is 18.4 Å². The van der Waals surface area contributed by atoms with Gasteiger partial charge >= 0.3 is 6.18 Å². The van der Waals surface area contributed by atoms with Crippen LogP contribution in [0.25, 0.3) is 0 Å². The van der Waals surface area contributed by atoms with E-state index in [1.807, 2.05) is 68.7 Å². The Bertz CT molecular complexity index is 1120. The standard InChI is InChI=1S/C29H32F3NO2/c1-33(2)27(22-11-9-15-25(19-22)35-24-13-4-3-5-14-24)26-16-6-7-17-28(26,34)20-21-10-8-12-23(18-21)29(30,31)32/h3-5,8-15,18-19,26-27,34H,6-7,16-17,20H2,1-2H3. The van der Waals surface area contributed by atoms with Gasteiger partial charge in [-0.15, -0.1) is 0 Å². The normalized spacial score (nSPS) is 21.6.